The van der Waals surface area contributed by atoms with Crippen molar-refractivity contribution in [2.24, 2.45) is 0 Å². The zero-order valence-corrected chi connectivity index (χ0v) is 9.60. The van der Waals surface area contributed by atoms with Gasteiger partial charge in [0.05, 0.1) is 5.60 Å². The fourth-order valence-electron chi connectivity index (χ4n) is 2.11. The molecule has 0 atom stereocenters. The molecule has 2 rings (SSSR count). The second kappa shape index (κ2) is 3.96. The number of pyridine rings is 1. The van der Waals surface area contributed by atoms with Crippen molar-refractivity contribution in [3.63, 3.8) is 0 Å². The molecule has 1 aliphatic rings. The molecule has 2 heterocycles. The Labute approximate surface area is 94.9 Å². The predicted molar refractivity (Wildman–Crippen MR) is 60.3 cm³/mol. The van der Waals surface area contributed by atoms with Crippen molar-refractivity contribution in [2.75, 3.05) is 13.1 Å². The van der Waals surface area contributed by atoms with Gasteiger partial charge in [0.25, 0.3) is 0 Å². The molecule has 1 aromatic heterocycles. The van der Waals surface area contributed by atoms with Gasteiger partial charge in [-0.25, -0.2) is 0 Å². The lowest BCUT2D eigenvalue weighted by Crippen LogP contribution is -2.59. The molecule has 86 valence electrons. The fourth-order valence-corrected chi connectivity index (χ4v) is 2.11. The van der Waals surface area contributed by atoms with Gasteiger partial charge >= 0.3 is 0 Å². The molecule has 16 heavy (non-hydrogen) atoms. The monoisotopic (exact) mass is 220 g/mol. The normalized spacial score (nSPS) is 19.2. The molecule has 0 radical (unpaired) electrons. The highest BCUT2D eigenvalue weighted by molar-refractivity contribution is 5.72. The van der Waals surface area contributed by atoms with Crippen molar-refractivity contribution in [3.8, 4) is 0 Å². The Morgan fingerprint density at radius 3 is 2.81 bits per heavy atom. The number of β-amino-alcohol motifs (C(OH)–C–C–N with tert-alkyl or cyclic N) is 1. The van der Waals surface area contributed by atoms with E-state index in [4.69, 9.17) is 0 Å². The van der Waals surface area contributed by atoms with Crippen LogP contribution in [-0.2, 0) is 6.54 Å². The maximum absolute atomic E-state index is 10.5. The van der Waals surface area contributed by atoms with Crippen LogP contribution in [0.2, 0.25) is 0 Å². The average Bonchev–Trinajstić information content (AvgIpc) is 2.18. The lowest BCUT2D eigenvalue weighted by Gasteiger charge is -2.44. The molecule has 1 aliphatic heterocycles. The Balaban J connectivity index is 2.03. The summed E-state index contributed by atoms with van der Waals surface area (Å²) in [5.41, 5.74) is 2.12. The SMILES string of the molecule is Cc1cc(C=O)ncc1CN1CC(C)(O)C1. The Morgan fingerprint density at radius 2 is 2.31 bits per heavy atom. The van der Waals surface area contributed by atoms with Gasteiger partial charge in [0.1, 0.15) is 5.69 Å². The summed E-state index contributed by atoms with van der Waals surface area (Å²) in [5.74, 6) is 0. The van der Waals surface area contributed by atoms with Crippen LogP contribution in [0.25, 0.3) is 0 Å². The third-order valence-corrected chi connectivity index (χ3v) is 2.88. The lowest BCUT2D eigenvalue weighted by atomic mass is 9.96. The van der Waals surface area contributed by atoms with Crippen LogP contribution >= 0.6 is 0 Å². The Bertz CT molecular complexity index is 407. The van der Waals surface area contributed by atoms with Gasteiger partial charge in [-0.2, -0.15) is 0 Å². The highest BCUT2D eigenvalue weighted by Gasteiger charge is 2.36. The largest absolute Gasteiger partial charge is 0.388 e. The molecule has 0 bridgehead atoms. The Morgan fingerprint density at radius 1 is 1.62 bits per heavy atom. The number of nitrogens with zero attached hydrogens (tertiary/aromatic N) is 2. The van der Waals surface area contributed by atoms with E-state index >= 15 is 0 Å². The van der Waals surface area contributed by atoms with Crippen molar-refractivity contribution in [1.82, 2.24) is 9.88 Å². The molecule has 4 heteroatoms. The molecule has 1 N–H and O–H groups in total. The molecule has 0 aromatic carbocycles. The maximum Gasteiger partial charge on any atom is 0.168 e. The first-order valence-electron chi connectivity index (χ1n) is 5.36. The molecule has 1 saturated heterocycles. The molecular formula is C12H16N2O2. The summed E-state index contributed by atoms with van der Waals surface area (Å²) < 4.78 is 0. The van der Waals surface area contributed by atoms with Crippen LogP contribution in [-0.4, -0.2) is 40.0 Å². The van der Waals surface area contributed by atoms with Crippen LogP contribution in [0.4, 0.5) is 0 Å². The number of hydrogen-bond acceptors (Lipinski definition) is 4. The van der Waals surface area contributed by atoms with Crippen molar-refractivity contribution >= 4 is 6.29 Å². The van der Waals surface area contributed by atoms with E-state index in [1.165, 1.54) is 0 Å². The molecule has 1 aromatic rings. The van der Waals surface area contributed by atoms with Gasteiger partial charge in [0, 0.05) is 25.8 Å². The van der Waals surface area contributed by atoms with E-state index in [2.05, 4.69) is 9.88 Å². The van der Waals surface area contributed by atoms with Crippen LogP contribution in [0.15, 0.2) is 12.3 Å². The first kappa shape index (κ1) is 11.2. The summed E-state index contributed by atoms with van der Waals surface area (Å²) in [4.78, 5) is 16.7. The number of carbonyl (C=O) groups is 1. The van der Waals surface area contributed by atoms with E-state index in [0.29, 0.717) is 18.8 Å². The minimum atomic E-state index is -0.538. The Hall–Kier alpha value is -1.26. The van der Waals surface area contributed by atoms with Crippen molar-refractivity contribution in [2.45, 2.75) is 26.0 Å². The van der Waals surface area contributed by atoms with E-state index in [1.54, 1.807) is 12.3 Å². The summed E-state index contributed by atoms with van der Waals surface area (Å²) in [7, 11) is 0. The average molecular weight is 220 g/mol. The van der Waals surface area contributed by atoms with Gasteiger partial charge in [-0.05, 0) is 31.0 Å². The topological polar surface area (TPSA) is 53.4 Å². The number of carbonyl (C=O) groups excluding carboxylic acids is 1. The van der Waals surface area contributed by atoms with E-state index in [0.717, 1.165) is 24.0 Å². The van der Waals surface area contributed by atoms with Crippen LogP contribution in [0.1, 0.15) is 28.5 Å². The summed E-state index contributed by atoms with van der Waals surface area (Å²) in [6.07, 6.45) is 2.50. The van der Waals surface area contributed by atoms with Gasteiger partial charge in [0.2, 0.25) is 0 Å². The first-order chi connectivity index (χ1) is 7.50. The van der Waals surface area contributed by atoms with Crippen LogP contribution in [0.5, 0.6) is 0 Å². The van der Waals surface area contributed by atoms with Crippen molar-refractivity contribution < 1.29 is 9.90 Å². The second-order valence-corrected chi connectivity index (χ2v) is 4.80. The third-order valence-electron chi connectivity index (χ3n) is 2.88. The van der Waals surface area contributed by atoms with Gasteiger partial charge in [0.15, 0.2) is 6.29 Å². The van der Waals surface area contributed by atoms with Crippen molar-refractivity contribution in [1.29, 1.82) is 0 Å². The summed E-state index contributed by atoms with van der Waals surface area (Å²) in [6.45, 7) is 5.99. The molecule has 0 unspecified atom stereocenters. The standard InChI is InChI=1S/C12H16N2O2/c1-9-3-11(6-15)13-4-10(9)5-14-7-12(2,16)8-14/h3-4,6,16H,5,7-8H2,1-2H3. The third kappa shape index (κ3) is 2.28. The molecule has 0 saturated carbocycles. The van der Waals surface area contributed by atoms with Crippen LogP contribution < -0.4 is 0 Å². The fraction of sp³-hybridized carbons (Fsp3) is 0.500. The predicted octanol–water partition coefficient (Wildman–Crippen LogP) is 0.769. The second-order valence-electron chi connectivity index (χ2n) is 4.80. The van der Waals surface area contributed by atoms with Crippen LogP contribution in [0.3, 0.4) is 0 Å². The molecule has 4 nitrogen and oxygen atoms in total. The van der Waals surface area contributed by atoms with E-state index in [1.807, 2.05) is 13.8 Å². The minimum Gasteiger partial charge on any atom is -0.388 e. The zero-order valence-electron chi connectivity index (χ0n) is 9.60. The number of aliphatic hydroxyl groups is 1. The van der Waals surface area contributed by atoms with Gasteiger partial charge in [-0.3, -0.25) is 14.7 Å². The van der Waals surface area contributed by atoms with Gasteiger partial charge in [-0.15, -0.1) is 0 Å². The lowest BCUT2D eigenvalue weighted by molar-refractivity contribution is -0.0872. The van der Waals surface area contributed by atoms with Gasteiger partial charge < -0.3 is 5.11 Å². The first-order valence-corrected chi connectivity index (χ1v) is 5.36. The number of rotatable bonds is 3. The number of aldehydes is 1. The number of aryl methyl sites for hydroxylation is 1. The summed E-state index contributed by atoms with van der Waals surface area (Å²) in [5, 5.41) is 9.61. The van der Waals surface area contributed by atoms with Crippen LogP contribution in [0, 0.1) is 6.92 Å². The molecular weight excluding hydrogens is 204 g/mol. The minimum absolute atomic E-state index is 0.469. The highest BCUT2D eigenvalue weighted by atomic mass is 16.3. The zero-order chi connectivity index (χ0) is 11.8. The molecule has 0 amide bonds. The maximum atomic E-state index is 10.5. The molecule has 1 fully saturated rings. The Kier molecular flexibility index (Phi) is 2.78. The van der Waals surface area contributed by atoms with E-state index in [9.17, 15) is 9.90 Å². The van der Waals surface area contributed by atoms with Gasteiger partial charge in [-0.1, -0.05) is 0 Å². The number of aromatic nitrogens is 1. The molecule has 0 spiro atoms. The smallest absolute Gasteiger partial charge is 0.168 e. The quantitative estimate of drug-likeness (QED) is 0.764. The molecule has 0 aliphatic carbocycles. The van der Waals surface area contributed by atoms with E-state index < -0.39 is 5.60 Å². The number of likely N-dealkylation sites (tertiary alicyclic amines) is 1. The van der Waals surface area contributed by atoms with Crippen molar-refractivity contribution in [3.05, 3.63) is 29.1 Å². The summed E-state index contributed by atoms with van der Waals surface area (Å²) in [6, 6.07) is 1.79. The number of hydrogen-bond donors (Lipinski definition) is 1. The summed E-state index contributed by atoms with van der Waals surface area (Å²) >= 11 is 0. The highest BCUT2D eigenvalue weighted by Crippen LogP contribution is 2.22. The van der Waals surface area contributed by atoms with E-state index in [-0.39, 0.29) is 0 Å².